The summed E-state index contributed by atoms with van der Waals surface area (Å²) in [4.78, 5) is 19.2. The predicted molar refractivity (Wildman–Crippen MR) is 75.6 cm³/mol. The van der Waals surface area contributed by atoms with Gasteiger partial charge in [-0.05, 0) is 26.0 Å². The Kier molecular flexibility index (Phi) is 4.00. The zero-order valence-corrected chi connectivity index (χ0v) is 11.5. The summed E-state index contributed by atoms with van der Waals surface area (Å²) in [6.45, 7) is 6.31. The molecule has 1 heterocycles. The number of H-pyrrole nitrogens is 1. The van der Waals surface area contributed by atoms with E-state index in [1.807, 2.05) is 38.1 Å². The first-order valence-corrected chi connectivity index (χ1v) is 6.48. The summed E-state index contributed by atoms with van der Waals surface area (Å²) in [5.41, 5.74) is 2.18. The number of benzene rings is 1. The highest BCUT2D eigenvalue weighted by Gasteiger charge is 2.09. The third-order valence-corrected chi connectivity index (χ3v) is 2.95. The number of hydrogen-bond acceptors (Lipinski definition) is 3. The first-order chi connectivity index (χ1) is 9.15. The van der Waals surface area contributed by atoms with Gasteiger partial charge in [0.15, 0.2) is 0 Å². The number of hydrogen-bond donors (Lipinski definition) is 1. The summed E-state index contributed by atoms with van der Waals surface area (Å²) in [5, 5.41) is 0. The number of nitrogens with one attached hydrogen (secondary N) is 1. The van der Waals surface area contributed by atoms with Crippen molar-refractivity contribution in [2.75, 3.05) is 6.61 Å². The molecular weight excluding hydrogens is 240 g/mol. The molecule has 0 atom stereocenters. The maximum atomic E-state index is 11.9. The van der Waals surface area contributed by atoms with E-state index in [9.17, 15) is 4.79 Å². The maximum absolute atomic E-state index is 11.9. The van der Waals surface area contributed by atoms with E-state index < -0.39 is 0 Å². The van der Waals surface area contributed by atoms with Crippen molar-refractivity contribution in [1.29, 1.82) is 0 Å². The van der Waals surface area contributed by atoms with Crippen LogP contribution >= 0.6 is 0 Å². The van der Waals surface area contributed by atoms with Crippen molar-refractivity contribution in [2.24, 2.45) is 0 Å². The number of aryl methyl sites for hydroxylation is 1. The average Bonchev–Trinajstić information content (AvgIpc) is 2.42. The minimum Gasteiger partial charge on any atom is -0.494 e. The Labute approximate surface area is 112 Å². The molecule has 0 aliphatic carbocycles. The molecule has 0 aliphatic heterocycles. The van der Waals surface area contributed by atoms with Gasteiger partial charge in [-0.15, -0.1) is 0 Å². The Morgan fingerprint density at radius 3 is 2.79 bits per heavy atom. The zero-order valence-electron chi connectivity index (χ0n) is 11.5. The molecule has 4 heteroatoms. The second-order valence-electron chi connectivity index (χ2n) is 4.30. The van der Waals surface area contributed by atoms with Gasteiger partial charge in [0.05, 0.1) is 12.3 Å². The van der Waals surface area contributed by atoms with Gasteiger partial charge < -0.3 is 9.72 Å². The first-order valence-electron chi connectivity index (χ1n) is 6.48. The summed E-state index contributed by atoms with van der Waals surface area (Å²) in [6.07, 6.45) is 0.702. The van der Waals surface area contributed by atoms with Gasteiger partial charge in [0.25, 0.3) is 5.56 Å². The number of ether oxygens (including phenoxy) is 1. The van der Waals surface area contributed by atoms with E-state index in [2.05, 4.69) is 9.97 Å². The van der Waals surface area contributed by atoms with Crippen molar-refractivity contribution in [3.8, 4) is 17.0 Å². The van der Waals surface area contributed by atoms with Crippen LogP contribution in [-0.2, 0) is 6.42 Å². The molecule has 100 valence electrons. The van der Waals surface area contributed by atoms with Gasteiger partial charge in [-0.25, -0.2) is 4.98 Å². The summed E-state index contributed by atoms with van der Waals surface area (Å²) in [6, 6.07) is 7.67. The fourth-order valence-electron chi connectivity index (χ4n) is 1.93. The second-order valence-corrected chi connectivity index (χ2v) is 4.30. The molecule has 1 N–H and O–H groups in total. The molecule has 0 saturated carbocycles. The molecule has 1 aromatic heterocycles. The quantitative estimate of drug-likeness (QED) is 0.917. The van der Waals surface area contributed by atoms with Gasteiger partial charge in [-0.3, -0.25) is 4.79 Å². The SMILES string of the molecule is CCOc1cccc(-c2nc(CC)[nH]c(=O)c2C)c1. The van der Waals surface area contributed by atoms with Crippen LogP contribution in [0.2, 0.25) is 0 Å². The van der Waals surface area contributed by atoms with Crippen LogP contribution in [0.5, 0.6) is 5.75 Å². The van der Waals surface area contributed by atoms with Crippen LogP contribution in [0.15, 0.2) is 29.1 Å². The lowest BCUT2D eigenvalue weighted by atomic mass is 10.1. The fourth-order valence-corrected chi connectivity index (χ4v) is 1.93. The van der Waals surface area contributed by atoms with Gasteiger partial charge in [0, 0.05) is 17.5 Å². The molecule has 19 heavy (non-hydrogen) atoms. The Balaban J connectivity index is 2.54. The molecule has 0 fully saturated rings. The van der Waals surface area contributed by atoms with Crippen LogP contribution in [0.25, 0.3) is 11.3 Å². The lowest BCUT2D eigenvalue weighted by Crippen LogP contribution is -2.15. The minimum atomic E-state index is -0.0799. The Morgan fingerprint density at radius 2 is 2.11 bits per heavy atom. The molecule has 1 aromatic carbocycles. The van der Waals surface area contributed by atoms with E-state index in [1.54, 1.807) is 6.92 Å². The average molecular weight is 258 g/mol. The molecule has 2 aromatic rings. The largest absolute Gasteiger partial charge is 0.494 e. The van der Waals surface area contributed by atoms with E-state index in [1.165, 1.54) is 0 Å². The molecule has 0 amide bonds. The number of aromatic amines is 1. The molecular formula is C15H18N2O2. The normalized spacial score (nSPS) is 10.5. The van der Waals surface area contributed by atoms with Crippen LogP contribution in [0.1, 0.15) is 25.2 Å². The van der Waals surface area contributed by atoms with Crippen molar-refractivity contribution in [3.05, 3.63) is 46.0 Å². The Morgan fingerprint density at radius 1 is 1.32 bits per heavy atom. The standard InChI is InChI=1S/C15H18N2O2/c1-4-13-16-14(10(3)15(18)17-13)11-7-6-8-12(9-11)19-5-2/h6-9H,4-5H2,1-3H3,(H,16,17,18). The highest BCUT2D eigenvalue weighted by atomic mass is 16.5. The third-order valence-electron chi connectivity index (χ3n) is 2.95. The number of rotatable bonds is 4. The topological polar surface area (TPSA) is 55.0 Å². The van der Waals surface area contributed by atoms with Crippen LogP contribution < -0.4 is 10.3 Å². The third kappa shape index (κ3) is 2.84. The zero-order chi connectivity index (χ0) is 13.8. The predicted octanol–water partition coefficient (Wildman–Crippen LogP) is 2.71. The van der Waals surface area contributed by atoms with Crippen LogP contribution in [0.4, 0.5) is 0 Å². The molecule has 0 spiro atoms. The molecule has 0 unspecified atom stereocenters. The van der Waals surface area contributed by atoms with E-state index in [0.29, 0.717) is 24.4 Å². The highest BCUT2D eigenvalue weighted by Crippen LogP contribution is 2.23. The van der Waals surface area contributed by atoms with Crippen molar-refractivity contribution < 1.29 is 4.74 Å². The summed E-state index contributed by atoms with van der Waals surface area (Å²) in [7, 11) is 0. The van der Waals surface area contributed by atoms with Gasteiger partial charge in [-0.2, -0.15) is 0 Å². The smallest absolute Gasteiger partial charge is 0.254 e. The molecule has 0 aliphatic rings. The van der Waals surface area contributed by atoms with Crippen molar-refractivity contribution in [1.82, 2.24) is 9.97 Å². The molecule has 0 saturated heterocycles. The van der Waals surface area contributed by atoms with Crippen molar-refractivity contribution in [3.63, 3.8) is 0 Å². The minimum absolute atomic E-state index is 0.0799. The monoisotopic (exact) mass is 258 g/mol. The van der Waals surface area contributed by atoms with Gasteiger partial charge in [0.1, 0.15) is 11.6 Å². The lowest BCUT2D eigenvalue weighted by molar-refractivity contribution is 0.340. The Hall–Kier alpha value is -2.10. The van der Waals surface area contributed by atoms with Crippen LogP contribution in [-0.4, -0.2) is 16.6 Å². The first kappa shape index (κ1) is 13.3. The molecule has 2 rings (SSSR count). The van der Waals surface area contributed by atoms with Gasteiger partial charge in [-0.1, -0.05) is 19.1 Å². The van der Waals surface area contributed by atoms with Crippen molar-refractivity contribution in [2.45, 2.75) is 27.2 Å². The molecule has 0 radical (unpaired) electrons. The summed E-state index contributed by atoms with van der Waals surface area (Å²) < 4.78 is 5.48. The molecule has 4 nitrogen and oxygen atoms in total. The van der Waals surface area contributed by atoms with Crippen LogP contribution in [0.3, 0.4) is 0 Å². The van der Waals surface area contributed by atoms with E-state index in [0.717, 1.165) is 17.0 Å². The number of nitrogens with zero attached hydrogens (tertiary/aromatic N) is 1. The van der Waals surface area contributed by atoms with Gasteiger partial charge >= 0.3 is 0 Å². The molecule has 0 bridgehead atoms. The second kappa shape index (κ2) is 5.69. The Bertz CT molecular complexity index is 632. The highest BCUT2D eigenvalue weighted by molar-refractivity contribution is 5.64. The summed E-state index contributed by atoms with van der Waals surface area (Å²) in [5.74, 6) is 1.49. The summed E-state index contributed by atoms with van der Waals surface area (Å²) >= 11 is 0. The van der Waals surface area contributed by atoms with Crippen molar-refractivity contribution >= 4 is 0 Å². The van der Waals surface area contributed by atoms with E-state index >= 15 is 0 Å². The maximum Gasteiger partial charge on any atom is 0.254 e. The van der Waals surface area contributed by atoms with Crippen LogP contribution in [0, 0.1) is 6.92 Å². The fraction of sp³-hybridized carbons (Fsp3) is 0.333. The van der Waals surface area contributed by atoms with Gasteiger partial charge in [0.2, 0.25) is 0 Å². The van der Waals surface area contributed by atoms with E-state index in [4.69, 9.17) is 4.74 Å². The number of aromatic nitrogens is 2. The van der Waals surface area contributed by atoms with E-state index in [-0.39, 0.29) is 5.56 Å². The lowest BCUT2D eigenvalue weighted by Gasteiger charge is -2.09.